The topological polar surface area (TPSA) is 57.6 Å². The van der Waals surface area contributed by atoms with Crippen molar-refractivity contribution < 1.29 is 13.5 Å². The molecule has 1 aliphatic rings. The summed E-state index contributed by atoms with van der Waals surface area (Å²) in [5, 5.41) is 9.35. The molecule has 0 bridgehead atoms. The molecule has 1 saturated heterocycles. The summed E-state index contributed by atoms with van der Waals surface area (Å²) < 4.78 is 27.3. The first-order valence-corrected chi connectivity index (χ1v) is 9.28. The van der Waals surface area contributed by atoms with E-state index >= 15 is 0 Å². The van der Waals surface area contributed by atoms with Crippen molar-refractivity contribution in [3.63, 3.8) is 0 Å². The van der Waals surface area contributed by atoms with E-state index in [1.165, 1.54) is 0 Å². The number of aliphatic hydroxyl groups excluding tert-OH is 1. The van der Waals surface area contributed by atoms with E-state index in [0.29, 0.717) is 17.0 Å². The molecule has 1 aromatic carbocycles. The van der Waals surface area contributed by atoms with Gasteiger partial charge in [-0.2, -0.15) is 16.1 Å². The number of hydrogen-bond donors (Lipinski definition) is 1. The minimum Gasteiger partial charge on any atom is -0.392 e. The van der Waals surface area contributed by atoms with Crippen LogP contribution in [0.5, 0.6) is 0 Å². The van der Waals surface area contributed by atoms with Crippen LogP contribution in [0, 0.1) is 13.8 Å². The molecule has 0 saturated carbocycles. The zero-order valence-electron chi connectivity index (χ0n) is 12.1. The molecule has 112 valence electrons. The molecule has 1 fully saturated rings. The number of aliphatic hydroxyl groups is 1. The second kappa shape index (κ2) is 6.05. The lowest BCUT2D eigenvalue weighted by Gasteiger charge is -2.32. The Morgan fingerprint density at radius 2 is 2.05 bits per heavy atom. The largest absolute Gasteiger partial charge is 0.392 e. The van der Waals surface area contributed by atoms with Gasteiger partial charge in [-0.1, -0.05) is 6.07 Å². The van der Waals surface area contributed by atoms with Crippen molar-refractivity contribution in [3.05, 3.63) is 28.8 Å². The molecular weight excluding hydrogens is 294 g/mol. The van der Waals surface area contributed by atoms with Gasteiger partial charge in [0.25, 0.3) is 0 Å². The minimum atomic E-state index is -3.48. The summed E-state index contributed by atoms with van der Waals surface area (Å²) in [6, 6.07) is 3.47. The van der Waals surface area contributed by atoms with Crippen LogP contribution in [-0.4, -0.2) is 41.9 Å². The van der Waals surface area contributed by atoms with Gasteiger partial charge in [0.05, 0.1) is 11.5 Å². The van der Waals surface area contributed by atoms with E-state index in [9.17, 15) is 13.5 Å². The molecule has 6 heteroatoms. The molecule has 4 nitrogen and oxygen atoms in total. The maximum Gasteiger partial charge on any atom is 0.243 e. The van der Waals surface area contributed by atoms with E-state index in [0.717, 1.165) is 22.6 Å². The second-order valence-corrected chi connectivity index (χ2v) is 8.25. The van der Waals surface area contributed by atoms with Gasteiger partial charge >= 0.3 is 0 Å². The zero-order valence-corrected chi connectivity index (χ0v) is 13.7. The summed E-state index contributed by atoms with van der Waals surface area (Å²) in [6.07, 6.45) is 0. The van der Waals surface area contributed by atoms with Crippen molar-refractivity contribution in [1.82, 2.24) is 4.31 Å². The monoisotopic (exact) mass is 315 g/mol. The van der Waals surface area contributed by atoms with Gasteiger partial charge in [0.2, 0.25) is 10.0 Å². The fourth-order valence-electron chi connectivity index (χ4n) is 2.52. The zero-order chi connectivity index (χ0) is 14.9. The maximum atomic E-state index is 12.8. The van der Waals surface area contributed by atoms with Crippen molar-refractivity contribution >= 4 is 21.8 Å². The highest BCUT2D eigenvalue weighted by atomic mass is 32.2. The lowest BCUT2D eigenvalue weighted by molar-refractivity contribution is 0.280. The number of rotatable bonds is 3. The molecule has 0 radical (unpaired) electrons. The molecule has 0 spiro atoms. The standard InChI is InChI=1S/C14H21NO3S2/c1-10-6-11(2)14(7-13(10)8-16)20(17,18)15-4-5-19-9-12(15)3/h6-7,12,16H,4-5,8-9H2,1-3H3. The molecule has 1 aliphatic heterocycles. The Kier molecular flexibility index (Phi) is 4.79. The Balaban J connectivity index is 2.48. The fourth-order valence-corrected chi connectivity index (χ4v) is 5.63. The van der Waals surface area contributed by atoms with Gasteiger partial charge < -0.3 is 5.11 Å². The van der Waals surface area contributed by atoms with Crippen LogP contribution in [0.2, 0.25) is 0 Å². The summed E-state index contributed by atoms with van der Waals surface area (Å²) in [7, 11) is -3.48. The number of benzene rings is 1. The van der Waals surface area contributed by atoms with Crippen LogP contribution in [0.15, 0.2) is 17.0 Å². The number of thioether (sulfide) groups is 1. The molecule has 0 aromatic heterocycles. The number of nitrogens with zero attached hydrogens (tertiary/aromatic N) is 1. The lowest BCUT2D eigenvalue weighted by Crippen LogP contribution is -2.44. The van der Waals surface area contributed by atoms with Crippen LogP contribution in [-0.2, 0) is 16.6 Å². The highest BCUT2D eigenvalue weighted by molar-refractivity contribution is 7.99. The van der Waals surface area contributed by atoms with Gasteiger partial charge in [-0.05, 0) is 43.5 Å². The third kappa shape index (κ3) is 2.88. The number of sulfonamides is 1. The third-order valence-electron chi connectivity index (χ3n) is 3.70. The molecule has 2 rings (SSSR count). The first-order chi connectivity index (χ1) is 9.37. The van der Waals surface area contributed by atoms with E-state index in [-0.39, 0.29) is 12.6 Å². The Bertz CT molecular complexity index is 599. The van der Waals surface area contributed by atoms with Crippen LogP contribution in [0.25, 0.3) is 0 Å². The summed E-state index contributed by atoms with van der Waals surface area (Å²) in [5.74, 6) is 1.67. The van der Waals surface area contributed by atoms with E-state index < -0.39 is 10.0 Å². The van der Waals surface area contributed by atoms with E-state index in [2.05, 4.69) is 0 Å². The van der Waals surface area contributed by atoms with Crippen molar-refractivity contribution in [1.29, 1.82) is 0 Å². The van der Waals surface area contributed by atoms with Gasteiger partial charge in [-0.15, -0.1) is 0 Å². The molecular formula is C14H21NO3S2. The Labute approximate surface area is 125 Å². The molecule has 1 unspecified atom stereocenters. The van der Waals surface area contributed by atoms with Crippen LogP contribution in [0.3, 0.4) is 0 Å². The quantitative estimate of drug-likeness (QED) is 0.926. The maximum absolute atomic E-state index is 12.8. The SMILES string of the molecule is Cc1cc(C)c(S(=O)(=O)N2CCSCC2C)cc1CO. The van der Waals surface area contributed by atoms with E-state index in [1.54, 1.807) is 22.1 Å². The minimum absolute atomic E-state index is 0.0111. The smallest absolute Gasteiger partial charge is 0.243 e. The molecule has 0 aliphatic carbocycles. The lowest BCUT2D eigenvalue weighted by atomic mass is 10.1. The van der Waals surface area contributed by atoms with Gasteiger partial charge in [0.1, 0.15) is 0 Å². The van der Waals surface area contributed by atoms with Gasteiger partial charge in [0.15, 0.2) is 0 Å². The van der Waals surface area contributed by atoms with E-state index in [1.807, 2.05) is 26.8 Å². The number of aryl methyl sites for hydroxylation is 2. The fraction of sp³-hybridized carbons (Fsp3) is 0.571. The van der Waals surface area contributed by atoms with Crippen molar-refractivity contribution in [2.24, 2.45) is 0 Å². The van der Waals surface area contributed by atoms with Crippen LogP contribution < -0.4 is 0 Å². The van der Waals surface area contributed by atoms with Crippen molar-refractivity contribution in [2.45, 2.75) is 38.3 Å². The molecule has 1 aromatic rings. The van der Waals surface area contributed by atoms with Gasteiger partial charge in [0, 0.05) is 24.1 Å². The highest BCUT2D eigenvalue weighted by Gasteiger charge is 2.32. The van der Waals surface area contributed by atoms with Crippen LogP contribution >= 0.6 is 11.8 Å². The number of hydrogen-bond acceptors (Lipinski definition) is 4. The Morgan fingerprint density at radius 3 is 2.65 bits per heavy atom. The Hall–Kier alpha value is -0.560. The first-order valence-electron chi connectivity index (χ1n) is 6.68. The normalized spacial score (nSPS) is 21.1. The second-order valence-electron chi connectivity index (χ2n) is 5.24. The van der Waals surface area contributed by atoms with Crippen molar-refractivity contribution in [3.8, 4) is 0 Å². The van der Waals surface area contributed by atoms with Crippen LogP contribution in [0.4, 0.5) is 0 Å². The molecule has 0 amide bonds. The summed E-state index contributed by atoms with van der Waals surface area (Å²) >= 11 is 1.79. The average molecular weight is 315 g/mol. The first kappa shape index (κ1) is 15.8. The summed E-state index contributed by atoms with van der Waals surface area (Å²) in [4.78, 5) is 0.325. The van der Waals surface area contributed by atoms with E-state index in [4.69, 9.17) is 0 Å². The van der Waals surface area contributed by atoms with Gasteiger partial charge in [-0.25, -0.2) is 8.42 Å². The van der Waals surface area contributed by atoms with Crippen LogP contribution in [0.1, 0.15) is 23.6 Å². The summed E-state index contributed by atoms with van der Waals surface area (Å²) in [5.41, 5.74) is 2.34. The highest BCUT2D eigenvalue weighted by Crippen LogP contribution is 2.28. The Morgan fingerprint density at radius 1 is 1.35 bits per heavy atom. The molecule has 1 N–H and O–H groups in total. The average Bonchev–Trinajstić information content (AvgIpc) is 2.38. The molecule has 1 atom stereocenters. The van der Waals surface area contributed by atoms with Crippen molar-refractivity contribution in [2.75, 3.05) is 18.1 Å². The predicted octanol–water partition coefficient (Wildman–Crippen LogP) is 1.92. The molecule has 1 heterocycles. The predicted molar refractivity (Wildman–Crippen MR) is 82.5 cm³/mol. The summed E-state index contributed by atoms with van der Waals surface area (Å²) in [6.45, 7) is 6.05. The van der Waals surface area contributed by atoms with Gasteiger partial charge in [-0.3, -0.25) is 0 Å². The molecule has 20 heavy (non-hydrogen) atoms. The third-order valence-corrected chi connectivity index (χ3v) is 7.04.